The fraction of sp³-hybridized carbons (Fsp3) is 1.00. The van der Waals surface area contributed by atoms with Crippen LogP contribution in [0.15, 0.2) is 0 Å². The molecule has 4 N–H and O–H groups in total. The molecule has 0 aromatic carbocycles. The summed E-state index contributed by atoms with van der Waals surface area (Å²) in [6.45, 7) is 3.01. The van der Waals surface area contributed by atoms with Gasteiger partial charge in [0, 0.05) is 11.3 Å². The molecule has 1 rings (SSSR count). The van der Waals surface area contributed by atoms with E-state index in [2.05, 4.69) is 6.92 Å². The van der Waals surface area contributed by atoms with Gasteiger partial charge in [0.25, 0.3) is 0 Å². The molecule has 13 heavy (non-hydrogen) atoms. The van der Waals surface area contributed by atoms with Gasteiger partial charge in [0.15, 0.2) is 0 Å². The summed E-state index contributed by atoms with van der Waals surface area (Å²) in [4.78, 5) is 0. The second-order valence-electron chi connectivity index (χ2n) is 4.16. The van der Waals surface area contributed by atoms with E-state index in [9.17, 15) is 0 Å². The molecule has 3 atom stereocenters. The van der Waals surface area contributed by atoms with Crippen molar-refractivity contribution < 1.29 is 0 Å². The minimum Gasteiger partial charge on any atom is -0.330 e. The van der Waals surface area contributed by atoms with Gasteiger partial charge in [-0.15, -0.1) is 0 Å². The number of hydrogen-bond donors (Lipinski definition) is 2. The molecule has 0 amide bonds. The molecular weight excluding hydrogens is 180 g/mol. The standard InChI is InChI=1S/C10H22N2S/c1-8(6-11)7-13-10-5-3-2-4-9(10)12/h8-10H,2-7,11-12H2,1H3. The molecule has 0 heterocycles. The molecular formula is C10H22N2S. The predicted octanol–water partition coefficient (Wildman–Crippen LogP) is 1.58. The van der Waals surface area contributed by atoms with Gasteiger partial charge in [0.05, 0.1) is 0 Å². The van der Waals surface area contributed by atoms with Gasteiger partial charge in [-0.05, 0) is 31.1 Å². The first-order valence-electron chi connectivity index (χ1n) is 5.31. The average molecular weight is 202 g/mol. The normalized spacial score (nSPS) is 31.6. The fourth-order valence-electron chi connectivity index (χ4n) is 1.69. The zero-order chi connectivity index (χ0) is 9.68. The van der Waals surface area contributed by atoms with E-state index < -0.39 is 0 Å². The molecule has 0 saturated heterocycles. The predicted molar refractivity (Wildman–Crippen MR) is 60.9 cm³/mol. The van der Waals surface area contributed by atoms with Gasteiger partial charge in [0.2, 0.25) is 0 Å². The van der Waals surface area contributed by atoms with Crippen LogP contribution in [0.1, 0.15) is 32.6 Å². The van der Waals surface area contributed by atoms with Crippen LogP contribution in [0.4, 0.5) is 0 Å². The zero-order valence-corrected chi connectivity index (χ0v) is 9.35. The molecule has 1 aliphatic rings. The lowest BCUT2D eigenvalue weighted by atomic mass is 9.96. The van der Waals surface area contributed by atoms with Crippen molar-refractivity contribution in [1.29, 1.82) is 0 Å². The SMILES string of the molecule is CC(CN)CSC1CCCCC1N. The molecule has 1 aliphatic carbocycles. The van der Waals surface area contributed by atoms with E-state index in [-0.39, 0.29) is 0 Å². The van der Waals surface area contributed by atoms with Crippen LogP contribution < -0.4 is 11.5 Å². The lowest BCUT2D eigenvalue weighted by molar-refractivity contribution is 0.452. The van der Waals surface area contributed by atoms with Crippen molar-refractivity contribution in [2.45, 2.75) is 43.9 Å². The third-order valence-electron chi connectivity index (χ3n) is 2.75. The smallest absolute Gasteiger partial charge is 0.0199 e. The van der Waals surface area contributed by atoms with Crippen molar-refractivity contribution in [3.05, 3.63) is 0 Å². The lowest BCUT2D eigenvalue weighted by Crippen LogP contribution is -2.36. The summed E-state index contributed by atoms with van der Waals surface area (Å²) in [5.74, 6) is 1.81. The highest BCUT2D eigenvalue weighted by Gasteiger charge is 2.22. The van der Waals surface area contributed by atoms with Crippen LogP contribution in [0.3, 0.4) is 0 Å². The summed E-state index contributed by atoms with van der Waals surface area (Å²) < 4.78 is 0. The first-order valence-corrected chi connectivity index (χ1v) is 6.36. The summed E-state index contributed by atoms with van der Waals surface area (Å²) in [7, 11) is 0. The van der Waals surface area contributed by atoms with Gasteiger partial charge in [-0.3, -0.25) is 0 Å². The highest BCUT2D eigenvalue weighted by molar-refractivity contribution is 7.99. The first kappa shape index (κ1) is 11.3. The third-order valence-corrected chi connectivity index (χ3v) is 4.53. The van der Waals surface area contributed by atoms with Gasteiger partial charge in [-0.25, -0.2) is 0 Å². The number of hydrogen-bond acceptors (Lipinski definition) is 3. The van der Waals surface area contributed by atoms with Crippen molar-refractivity contribution in [2.24, 2.45) is 17.4 Å². The van der Waals surface area contributed by atoms with E-state index in [4.69, 9.17) is 11.5 Å². The van der Waals surface area contributed by atoms with Crippen molar-refractivity contribution in [2.75, 3.05) is 12.3 Å². The maximum absolute atomic E-state index is 6.05. The van der Waals surface area contributed by atoms with Crippen molar-refractivity contribution in [3.63, 3.8) is 0 Å². The van der Waals surface area contributed by atoms with Gasteiger partial charge in [-0.1, -0.05) is 19.8 Å². The topological polar surface area (TPSA) is 52.0 Å². The molecule has 0 radical (unpaired) electrons. The second-order valence-corrected chi connectivity index (χ2v) is 5.43. The van der Waals surface area contributed by atoms with Gasteiger partial charge in [-0.2, -0.15) is 11.8 Å². The van der Waals surface area contributed by atoms with Crippen LogP contribution in [0.2, 0.25) is 0 Å². The Bertz CT molecular complexity index is 141. The van der Waals surface area contributed by atoms with Crippen LogP contribution in [0.25, 0.3) is 0 Å². The summed E-state index contributed by atoms with van der Waals surface area (Å²) in [5, 5.41) is 0.697. The van der Waals surface area contributed by atoms with Crippen LogP contribution in [0, 0.1) is 5.92 Å². The summed E-state index contributed by atoms with van der Waals surface area (Å²) in [5.41, 5.74) is 11.6. The Hall–Kier alpha value is 0.270. The Balaban J connectivity index is 2.18. The largest absolute Gasteiger partial charge is 0.330 e. The minimum atomic E-state index is 0.434. The van der Waals surface area contributed by atoms with Crippen molar-refractivity contribution in [1.82, 2.24) is 0 Å². The molecule has 0 aromatic rings. The maximum atomic E-state index is 6.05. The van der Waals surface area contributed by atoms with Crippen LogP contribution >= 0.6 is 11.8 Å². The van der Waals surface area contributed by atoms with Gasteiger partial charge >= 0.3 is 0 Å². The molecule has 0 bridgehead atoms. The fourth-order valence-corrected chi connectivity index (χ4v) is 3.12. The van der Waals surface area contributed by atoms with Crippen molar-refractivity contribution in [3.8, 4) is 0 Å². The van der Waals surface area contributed by atoms with Crippen LogP contribution in [-0.2, 0) is 0 Å². The number of nitrogens with two attached hydrogens (primary N) is 2. The van der Waals surface area contributed by atoms with Crippen LogP contribution in [0.5, 0.6) is 0 Å². The van der Waals surface area contributed by atoms with E-state index in [1.54, 1.807) is 0 Å². The Labute approximate surface area is 85.8 Å². The quantitative estimate of drug-likeness (QED) is 0.728. The first-order chi connectivity index (χ1) is 6.24. The van der Waals surface area contributed by atoms with E-state index in [1.807, 2.05) is 11.8 Å². The van der Waals surface area contributed by atoms with E-state index in [0.717, 1.165) is 6.54 Å². The summed E-state index contributed by atoms with van der Waals surface area (Å²) in [6.07, 6.45) is 5.21. The molecule has 2 nitrogen and oxygen atoms in total. The van der Waals surface area contributed by atoms with E-state index >= 15 is 0 Å². The monoisotopic (exact) mass is 202 g/mol. The molecule has 78 valence electrons. The average Bonchev–Trinajstić information content (AvgIpc) is 2.16. The molecule has 0 aromatic heterocycles. The van der Waals surface area contributed by atoms with Gasteiger partial charge in [0.1, 0.15) is 0 Å². The van der Waals surface area contributed by atoms with E-state index in [1.165, 1.54) is 31.4 Å². The molecule has 3 unspecified atom stereocenters. The Morgan fingerprint density at radius 2 is 2.08 bits per heavy atom. The lowest BCUT2D eigenvalue weighted by Gasteiger charge is -2.28. The summed E-state index contributed by atoms with van der Waals surface area (Å²) in [6, 6.07) is 0.434. The van der Waals surface area contributed by atoms with E-state index in [0.29, 0.717) is 17.2 Å². The molecule has 1 saturated carbocycles. The number of rotatable bonds is 4. The van der Waals surface area contributed by atoms with Crippen LogP contribution in [-0.4, -0.2) is 23.6 Å². The Kier molecular flexibility index (Phi) is 5.14. The highest BCUT2D eigenvalue weighted by atomic mass is 32.2. The minimum absolute atomic E-state index is 0.434. The Morgan fingerprint density at radius 3 is 2.69 bits per heavy atom. The molecule has 1 fully saturated rings. The molecule has 3 heteroatoms. The second kappa shape index (κ2) is 5.89. The highest BCUT2D eigenvalue weighted by Crippen LogP contribution is 2.28. The molecule has 0 aliphatic heterocycles. The molecule has 0 spiro atoms. The Morgan fingerprint density at radius 1 is 1.38 bits per heavy atom. The maximum Gasteiger partial charge on any atom is 0.0199 e. The van der Waals surface area contributed by atoms with Crippen molar-refractivity contribution >= 4 is 11.8 Å². The third kappa shape index (κ3) is 3.88. The van der Waals surface area contributed by atoms with Gasteiger partial charge < -0.3 is 11.5 Å². The zero-order valence-electron chi connectivity index (χ0n) is 8.54. The number of thioether (sulfide) groups is 1. The summed E-state index contributed by atoms with van der Waals surface area (Å²) >= 11 is 2.03.